The van der Waals surface area contributed by atoms with E-state index in [1.807, 2.05) is 37.3 Å². The number of rotatable bonds is 9. The first-order valence-electron chi connectivity index (χ1n) is 12.7. The summed E-state index contributed by atoms with van der Waals surface area (Å²) in [7, 11) is 0. The second kappa shape index (κ2) is 13.7. The fraction of sp³-hybridized carbons (Fsp3) is 0.0968. The van der Waals surface area contributed by atoms with Gasteiger partial charge in [0.15, 0.2) is 11.8 Å². The van der Waals surface area contributed by atoms with Gasteiger partial charge in [-0.1, -0.05) is 51.8 Å². The lowest BCUT2D eigenvalue weighted by Gasteiger charge is -2.13. The van der Waals surface area contributed by atoms with Crippen LogP contribution in [0, 0.1) is 6.92 Å². The molecule has 1 aliphatic rings. The summed E-state index contributed by atoms with van der Waals surface area (Å²) in [5.74, 6) is 0.452. The third-order valence-corrected chi connectivity index (χ3v) is 7.80. The minimum Gasteiger partial charge on any atom is -0.483 e. The number of hydrogen-bond acceptors (Lipinski definition) is 7. The second-order valence-electron chi connectivity index (χ2n) is 9.09. The minimum atomic E-state index is -0.337. The number of carbonyl (C=O) groups excluding carboxylic acids is 2. The van der Waals surface area contributed by atoms with Crippen LogP contribution in [0.15, 0.2) is 109 Å². The number of aryl methyl sites for hydroxylation is 1. The Morgan fingerprint density at radius 3 is 2.67 bits per heavy atom. The summed E-state index contributed by atoms with van der Waals surface area (Å²) >= 11 is 10.6. The van der Waals surface area contributed by atoms with Gasteiger partial charge < -0.3 is 14.5 Å². The number of ether oxygens (including phenoxy) is 1. The molecule has 212 valence electrons. The predicted octanol–water partition coefficient (Wildman–Crippen LogP) is 7.53. The van der Waals surface area contributed by atoms with Gasteiger partial charge in [0.05, 0.1) is 23.9 Å². The molecular weight excluding hydrogens is 640 g/mol. The summed E-state index contributed by atoms with van der Waals surface area (Å²) in [4.78, 5) is 28.0. The monoisotopic (exact) mass is 662 g/mol. The molecule has 0 unspecified atom stereocenters. The van der Waals surface area contributed by atoms with Gasteiger partial charge in [-0.2, -0.15) is 5.10 Å². The average molecular weight is 664 g/mol. The van der Waals surface area contributed by atoms with Crippen LogP contribution < -0.4 is 10.1 Å². The fourth-order valence-electron chi connectivity index (χ4n) is 3.93. The molecule has 4 aromatic rings. The molecule has 0 saturated carbocycles. The number of furan rings is 1. The molecule has 1 saturated heterocycles. The molecule has 5 rings (SSSR count). The second-order valence-corrected chi connectivity index (χ2v) is 11.5. The number of amides is 2. The molecule has 0 spiro atoms. The molecule has 2 heterocycles. The van der Waals surface area contributed by atoms with Crippen LogP contribution in [0.4, 0.5) is 5.69 Å². The summed E-state index contributed by atoms with van der Waals surface area (Å²) < 4.78 is 12.1. The van der Waals surface area contributed by atoms with Crippen molar-refractivity contribution < 1.29 is 18.7 Å². The zero-order valence-corrected chi connectivity index (χ0v) is 25.4. The van der Waals surface area contributed by atoms with Crippen LogP contribution in [0.2, 0.25) is 5.02 Å². The molecule has 0 aliphatic carbocycles. The summed E-state index contributed by atoms with van der Waals surface area (Å²) in [6.45, 7) is 1.96. The first-order valence-corrected chi connectivity index (χ1v) is 14.7. The van der Waals surface area contributed by atoms with Crippen molar-refractivity contribution >= 4 is 74.3 Å². The van der Waals surface area contributed by atoms with Crippen molar-refractivity contribution in [3.63, 3.8) is 0 Å². The molecule has 8 nitrogen and oxygen atoms in total. The Bertz CT molecular complexity index is 1690. The quantitative estimate of drug-likeness (QED) is 0.114. The van der Waals surface area contributed by atoms with Crippen molar-refractivity contribution in [3.05, 3.63) is 122 Å². The standard InChI is InChI=1S/C31H24BrClN4O4S/c1-20-5-2-3-6-21(20)17-34-36-31-37(18-26-7-4-14-40-26)30(39)28(42-31)16-22-15-23(32)8-13-27(22)41-19-29(38)35-25-11-9-24(33)10-12-25/h2-17H,18-19H2,1H3,(H,35,38)/b28-16-,34-17-,36-31+. The zero-order valence-electron chi connectivity index (χ0n) is 22.3. The van der Waals surface area contributed by atoms with Gasteiger partial charge in [0.25, 0.3) is 11.8 Å². The van der Waals surface area contributed by atoms with Crippen molar-refractivity contribution in [2.75, 3.05) is 11.9 Å². The highest BCUT2D eigenvalue weighted by atomic mass is 79.9. The Kier molecular flexibility index (Phi) is 9.58. The summed E-state index contributed by atoms with van der Waals surface area (Å²) in [5, 5.41) is 12.4. The van der Waals surface area contributed by atoms with Gasteiger partial charge in [0.2, 0.25) is 0 Å². The van der Waals surface area contributed by atoms with Gasteiger partial charge in [0.1, 0.15) is 11.5 Å². The van der Waals surface area contributed by atoms with Crippen LogP contribution in [-0.4, -0.2) is 34.7 Å². The topological polar surface area (TPSA) is 96.5 Å². The van der Waals surface area contributed by atoms with E-state index in [0.29, 0.717) is 37.9 Å². The lowest BCUT2D eigenvalue weighted by atomic mass is 10.1. The largest absolute Gasteiger partial charge is 0.483 e. The SMILES string of the molecule is Cc1ccccc1/C=N\N=C1\S/C(=C\c2cc(Br)ccc2OCC(=O)Nc2ccc(Cl)cc2)C(=O)N1Cc1ccco1. The number of amidine groups is 1. The number of thioether (sulfide) groups is 1. The maximum atomic E-state index is 13.6. The van der Waals surface area contributed by atoms with Crippen LogP contribution in [0.1, 0.15) is 22.5 Å². The van der Waals surface area contributed by atoms with Crippen molar-refractivity contribution in [2.24, 2.45) is 10.2 Å². The van der Waals surface area contributed by atoms with Gasteiger partial charge in [-0.15, -0.1) is 5.10 Å². The van der Waals surface area contributed by atoms with Gasteiger partial charge in [-0.05, 0) is 90.5 Å². The normalized spacial score (nSPS) is 15.2. The molecule has 1 aliphatic heterocycles. The van der Waals surface area contributed by atoms with Crippen LogP contribution >= 0.6 is 39.3 Å². The maximum absolute atomic E-state index is 13.6. The van der Waals surface area contributed by atoms with E-state index in [2.05, 4.69) is 31.4 Å². The Morgan fingerprint density at radius 1 is 1.10 bits per heavy atom. The molecule has 0 radical (unpaired) electrons. The average Bonchev–Trinajstić information content (AvgIpc) is 3.59. The number of hydrogen-bond donors (Lipinski definition) is 1. The number of carbonyl (C=O) groups is 2. The van der Waals surface area contributed by atoms with E-state index in [1.54, 1.807) is 67.1 Å². The molecule has 0 atom stereocenters. The molecule has 0 bridgehead atoms. The van der Waals surface area contributed by atoms with Crippen LogP contribution in [-0.2, 0) is 16.1 Å². The molecule has 42 heavy (non-hydrogen) atoms. The maximum Gasteiger partial charge on any atom is 0.267 e. The van der Waals surface area contributed by atoms with E-state index < -0.39 is 0 Å². The van der Waals surface area contributed by atoms with Gasteiger partial charge in [0, 0.05) is 20.7 Å². The van der Waals surface area contributed by atoms with E-state index in [-0.39, 0.29) is 25.0 Å². The third kappa shape index (κ3) is 7.58. The van der Waals surface area contributed by atoms with Gasteiger partial charge >= 0.3 is 0 Å². The Balaban J connectivity index is 1.37. The highest BCUT2D eigenvalue weighted by Gasteiger charge is 2.34. The number of nitrogens with one attached hydrogen (secondary N) is 1. The number of nitrogens with zero attached hydrogens (tertiary/aromatic N) is 3. The summed E-state index contributed by atoms with van der Waals surface area (Å²) in [5.41, 5.74) is 3.21. The van der Waals surface area contributed by atoms with E-state index in [9.17, 15) is 9.59 Å². The van der Waals surface area contributed by atoms with Crippen molar-refractivity contribution in [3.8, 4) is 5.75 Å². The molecule has 2 amide bonds. The van der Waals surface area contributed by atoms with E-state index in [1.165, 1.54) is 16.7 Å². The highest BCUT2D eigenvalue weighted by Crippen LogP contribution is 2.36. The highest BCUT2D eigenvalue weighted by molar-refractivity contribution is 9.10. The molecule has 1 N–H and O–H groups in total. The molecule has 1 fully saturated rings. The van der Waals surface area contributed by atoms with Crippen molar-refractivity contribution in [1.29, 1.82) is 0 Å². The molecule has 11 heteroatoms. The smallest absolute Gasteiger partial charge is 0.267 e. The van der Waals surface area contributed by atoms with Crippen LogP contribution in [0.3, 0.4) is 0 Å². The fourth-order valence-corrected chi connectivity index (χ4v) is 5.36. The summed E-state index contributed by atoms with van der Waals surface area (Å²) in [6.07, 6.45) is 4.93. The Morgan fingerprint density at radius 2 is 1.90 bits per heavy atom. The van der Waals surface area contributed by atoms with Crippen LogP contribution in [0.25, 0.3) is 6.08 Å². The van der Waals surface area contributed by atoms with E-state index in [0.717, 1.165) is 15.6 Å². The number of anilines is 1. The van der Waals surface area contributed by atoms with Gasteiger partial charge in [-0.3, -0.25) is 14.5 Å². The van der Waals surface area contributed by atoms with Crippen molar-refractivity contribution in [1.82, 2.24) is 4.90 Å². The number of halogens is 2. The van der Waals surface area contributed by atoms with Crippen molar-refractivity contribution in [2.45, 2.75) is 13.5 Å². The lowest BCUT2D eigenvalue weighted by molar-refractivity contribution is -0.122. The summed E-state index contributed by atoms with van der Waals surface area (Å²) in [6, 6.07) is 23.5. The first kappa shape index (κ1) is 29.4. The molecule has 3 aromatic carbocycles. The lowest BCUT2D eigenvalue weighted by Crippen LogP contribution is -2.28. The zero-order chi connectivity index (χ0) is 29.5. The molecular formula is C31H24BrClN4O4S. The number of benzene rings is 3. The van der Waals surface area contributed by atoms with Gasteiger partial charge in [-0.25, -0.2) is 0 Å². The van der Waals surface area contributed by atoms with E-state index in [4.69, 9.17) is 20.8 Å². The minimum absolute atomic E-state index is 0.196. The predicted molar refractivity (Wildman–Crippen MR) is 171 cm³/mol. The Hall–Kier alpha value is -4.12. The first-order chi connectivity index (χ1) is 20.4. The Labute approximate surface area is 260 Å². The molecule has 1 aromatic heterocycles. The van der Waals surface area contributed by atoms with Crippen LogP contribution in [0.5, 0.6) is 5.75 Å². The third-order valence-electron chi connectivity index (χ3n) is 6.06. The van der Waals surface area contributed by atoms with E-state index >= 15 is 0 Å².